The molecule has 0 atom stereocenters. The van der Waals surface area contributed by atoms with Crippen LogP contribution in [-0.4, -0.2) is 14.8 Å². The summed E-state index contributed by atoms with van der Waals surface area (Å²) in [5.41, 5.74) is 2.37. The van der Waals surface area contributed by atoms with Gasteiger partial charge in [0.05, 0.1) is 11.6 Å². The zero-order chi connectivity index (χ0) is 15.1. The molecular formula is C16H11Cl2N3O. The van der Waals surface area contributed by atoms with Gasteiger partial charge in [-0.2, -0.15) is 5.10 Å². The van der Waals surface area contributed by atoms with Crippen molar-refractivity contribution < 1.29 is 4.74 Å². The van der Waals surface area contributed by atoms with Gasteiger partial charge in [-0.1, -0.05) is 47.5 Å². The summed E-state index contributed by atoms with van der Waals surface area (Å²) in [7, 11) is 0. The van der Waals surface area contributed by atoms with Crippen molar-refractivity contribution >= 4 is 23.2 Å². The Morgan fingerprint density at radius 2 is 2.00 bits per heavy atom. The number of hydrogen-bond donors (Lipinski definition) is 0. The topological polar surface area (TPSA) is 39.9 Å². The lowest BCUT2D eigenvalue weighted by Crippen LogP contribution is -2.01. The van der Waals surface area contributed by atoms with Crippen molar-refractivity contribution in [2.45, 2.75) is 13.2 Å². The van der Waals surface area contributed by atoms with Crippen LogP contribution in [0.1, 0.15) is 11.4 Å². The van der Waals surface area contributed by atoms with Crippen molar-refractivity contribution in [3.05, 3.63) is 63.9 Å². The highest BCUT2D eigenvalue weighted by Gasteiger charge is 2.21. The number of fused-ring (bicyclic) bond motifs is 3. The molecule has 0 aliphatic carbocycles. The van der Waals surface area contributed by atoms with Crippen LogP contribution in [0.5, 0.6) is 5.75 Å². The Hall–Kier alpha value is -2.04. The molecule has 0 radical (unpaired) electrons. The largest absolute Gasteiger partial charge is 0.484 e. The minimum absolute atomic E-state index is 0.267. The van der Waals surface area contributed by atoms with Crippen molar-refractivity contribution in [1.82, 2.24) is 14.8 Å². The highest BCUT2D eigenvalue weighted by atomic mass is 35.5. The van der Waals surface area contributed by atoms with Crippen LogP contribution in [0.15, 0.2) is 42.5 Å². The summed E-state index contributed by atoms with van der Waals surface area (Å²) in [4.78, 5) is 4.55. The van der Waals surface area contributed by atoms with Crippen LogP contribution < -0.4 is 4.74 Å². The van der Waals surface area contributed by atoms with Crippen molar-refractivity contribution in [3.63, 3.8) is 0 Å². The van der Waals surface area contributed by atoms with Gasteiger partial charge in [-0.3, -0.25) is 0 Å². The second-order valence-corrected chi connectivity index (χ2v) is 5.87. The first kappa shape index (κ1) is 13.6. The summed E-state index contributed by atoms with van der Waals surface area (Å²) in [6.07, 6.45) is 0. The summed E-state index contributed by atoms with van der Waals surface area (Å²) in [5.74, 6) is 2.09. The summed E-state index contributed by atoms with van der Waals surface area (Å²) >= 11 is 11.9. The summed E-state index contributed by atoms with van der Waals surface area (Å²) in [5, 5.41) is 5.53. The molecular weight excluding hydrogens is 321 g/mol. The van der Waals surface area contributed by atoms with E-state index in [1.54, 1.807) is 18.2 Å². The molecule has 1 aliphatic heterocycles. The number of hydrogen-bond acceptors (Lipinski definition) is 3. The number of nitrogens with zero attached hydrogens (tertiary/aromatic N) is 3. The quantitative estimate of drug-likeness (QED) is 0.565. The molecule has 1 aromatic heterocycles. The van der Waals surface area contributed by atoms with Gasteiger partial charge in [-0.25, -0.2) is 9.67 Å². The van der Waals surface area contributed by atoms with Gasteiger partial charge in [-0.05, 0) is 23.8 Å². The molecule has 0 unspecified atom stereocenters. The lowest BCUT2D eigenvalue weighted by Gasteiger charge is -2.06. The van der Waals surface area contributed by atoms with E-state index in [1.807, 2.05) is 16.8 Å². The SMILES string of the molecule is Clc1ccc(OCc2nc3n(n2)Cc2ccccc2-3)c(Cl)c1. The lowest BCUT2D eigenvalue weighted by atomic mass is 10.1. The minimum Gasteiger partial charge on any atom is -0.484 e. The first-order valence-electron chi connectivity index (χ1n) is 6.80. The molecule has 0 N–H and O–H groups in total. The monoisotopic (exact) mass is 331 g/mol. The predicted molar refractivity (Wildman–Crippen MR) is 85.4 cm³/mol. The molecule has 110 valence electrons. The van der Waals surface area contributed by atoms with E-state index in [9.17, 15) is 0 Å². The molecule has 22 heavy (non-hydrogen) atoms. The Bertz CT molecular complexity index is 860. The molecule has 0 bridgehead atoms. The van der Waals surface area contributed by atoms with Crippen LogP contribution in [0.3, 0.4) is 0 Å². The van der Waals surface area contributed by atoms with E-state index in [0.29, 0.717) is 21.6 Å². The number of aromatic nitrogens is 3. The van der Waals surface area contributed by atoms with E-state index in [0.717, 1.165) is 17.9 Å². The summed E-state index contributed by atoms with van der Waals surface area (Å²) < 4.78 is 7.57. The van der Waals surface area contributed by atoms with Crippen LogP contribution >= 0.6 is 23.2 Å². The van der Waals surface area contributed by atoms with Gasteiger partial charge in [0.15, 0.2) is 11.6 Å². The van der Waals surface area contributed by atoms with Gasteiger partial charge in [0.2, 0.25) is 0 Å². The van der Waals surface area contributed by atoms with Gasteiger partial charge < -0.3 is 4.74 Å². The normalized spacial score (nSPS) is 12.1. The number of halogens is 2. The van der Waals surface area contributed by atoms with E-state index < -0.39 is 0 Å². The minimum atomic E-state index is 0.267. The average Bonchev–Trinajstić information content (AvgIpc) is 3.03. The van der Waals surface area contributed by atoms with Gasteiger partial charge in [0.1, 0.15) is 12.4 Å². The third-order valence-corrected chi connectivity index (χ3v) is 4.08. The molecule has 0 fully saturated rings. The number of rotatable bonds is 3. The molecule has 2 heterocycles. The number of benzene rings is 2. The van der Waals surface area contributed by atoms with Crippen molar-refractivity contribution in [2.75, 3.05) is 0 Å². The Morgan fingerprint density at radius 3 is 2.86 bits per heavy atom. The van der Waals surface area contributed by atoms with Gasteiger partial charge in [-0.15, -0.1) is 0 Å². The van der Waals surface area contributed by atoms with Gasteiger partial charge in [0.25, 0.3) is 0 Å². The maximum absolute atomic E-state index is 6.08. The fourth-order valence-corrected chi connectivity index (χ4v) is 2.99. The lowest BCUT2D eigenvalue weighted by molar-refractivity contribution is 0.295. The molecule has 2 aromatic carbocycles. The molecule has 4 rings (SSSR count). The smallest absolute Gasteiger partial charge is 0.188 e. The molecule has 1 aliphatic rings. The van der Waals surface area contributed by atoms with Crippen LogP contribution in [0.4, 0.5) is 0 Å². The van der Waals surface area contributed by atoms with E-state index in [4.69, 9.17) is 27.9 Å². The van der Waals surface area contributed by atoms with Crippen LogP contribution in [0.25, 0.3) is 11.4 Å². The van der Waals surface area contributed by atoms with E-state index in [1.165, 1.54) is 5.56 Å². The van der Waals surface area contributed by atoms with Crippen molar-refractivity contribution in [1.29, 1.82) is 0 Å². The van der Waals surface area contributed by atoms with Gasteiger partial charge >= 0.3 is 0 Å². The second-order valence-electron chi connectivity index (χ2n) is 5.03. The highest BCUT2D eigenvalue weighted by Crippen LogP contribution is 2.30. The van der Waals surface area contributed by atoms with Crippen molar-refractivity contribution in [3.8, 4) is 17.1 Å². The van der Waals surface area contributed by atoms with Crippen molar-refractivity contribution in [2.24, 2.45) is 0 Å². The summed E-state index contributed by atoms with van der Waals surface area (Å²) in [6.45, 7) is 1.02. The van der Waals surface area contributed by atoms with E-state index in [-0.39, 0.29) is 6.61 Å². The highest BCUT2D eigenvalue weighted by molar-refractivity contribution is 6.35. The Morgan fingerprint density at radius 1 is 1.14 bits per heavy atom. The molecule has 0 saturated heterocycles. The average molecular weight is 332 g/mol. The third-order valence-electron chi connectivity index (χ3n) is 3.54. The molecule has 4 nitrogen and oxygen atoms in total. The Labute approximate surface area is 137 Å². The van der Waals surface area contributed by atoms with Crippen LogP contribution in [0, 0.1) is 0 Å². The standard InChI is InChI=1S/C16H11Cl2N3O/c17-11-5-6-14(13(18)7-11)22-9-15-19-16-12-4-2-1-3-10(12)8-21(16)20-15/h1-7H,8-9H2. The maximum Gasteiger partial charge on any atom is 0.188 e. The third kappa shape index (κ3) is 2.34. The second kappa shape index (κ2) is 5.30. The molecule has 0 spiro atoms. The van der Waals surface area contributed by atoms with Crippen LogP contribution in [-0.2, 0) is 13.2 Å². The van der Waals surface area contributed by atoms with Crippen LogP contribution in [0.2, 0.25) is 10.0 Å². The zero-order valence-electron chi connectivity index (χ0n) is 11.5. The molecule has 0 amide bonds. The Balaban J connectivity index is 1.54. The summed E-state index contributed by atoms with van der Waals surface area (Å²) in [6, 6.07) is 13.3. The van der Waals surface area contributed by atoms with E-state index >= 15 is 0 Å². The molecule has 3 aromatic rings. The Kier molecular flexibility index (Phi) is 3.28. The fraction of sp³-hybridized carbons (Fsp3) is 0.125. The van der Waals surface area contributed by atoms with Gasteiger partial charge in [0, 0.05) is 10.6 Å². The molecule has 6 heteroatoms. The first-order valence-corrected chi connectivity index (χ1v) is 7.56. The molecule has 0 saturated carbocycles. The zero-order valence-corrected chi connectivity index (χ0v) is 13.0. The fourth-order valence-electron chi connectivity index (χ4n) is 2.53. The maximum atomic E-state index is 6.08. The number of ether oxygens (including phenoxy) is 1. The first-order chi connectivity index (χ1) is 10.7. The predicted octanol–water partition coefficient (Wildman–Crippen LogP) is 4.19. The van der Waals surface area contributed by atoms with E-state index in [2.05, 4.69) is 22.2 Å².